The Balaban J connectivity index is 2.18. The Morgan fingerprint density at radius 3 is 2.50 bits per heavy atom. The number of hydrogen-bond acceptors (Lipinski definition) is 4. The average Bonchev–Trinajstić information content (AvgIpc) is 2.88. The smallest absolute Gasteiger partial charge is 0.407 e. The predicted octanol–water partition coefficient (Wildman–Crippen LogP) is 1.96. The Morgan fingerprint density at radius 1 is 1.27 bits per heavy atom. The maximum absolute atomic E-state index is 11.5. The van der Waals surface area contributed by atoms with Crippen LogP contribution in [-0.4, -0.2) is 55.3 Å². The fraction of sp³-hybridized carbons (Fsp3) is 0.867. The van der Waals surface area contributed by atoms with Crippen LogP contribution in [0.5, 0.6) is 0 Å². The Morgan fingerprint density at radius 2 is 1.95 bits per heavy atom. The molecule has 128 valence electrons. The highest BCUT2D eigenvalue weighted by Gasteiger charge is 2.24. The molecule has 7 heteroatoms. The Bertz CT molecular complexity index is 382. The van der Waals surface area contributed by atoms with Gasteiger partial charge in [-0.25, -0.2) is 4.79 Å². The topological polar surface area (TPSA) is 74.8 Å². The molecular formula is C15H30N4O2S. The number of guanidine groups is 1. The third kappa shape index (κ3) is 7.77. The Kier molecular flexibility index (Phi) is 7.85. The van der Waals surface area contributed by atoms with E-state index in [1.54, 1.807) is 7.05 Å². The van der Waals surface area contributed by atoms with E-state index < -0.39 is 11.7 Å². The molecule has 2 unspecified atom stereocenters. The van der Waals surface area contributed by atoms with E-state index in [2.05, 4.69) is 27.2 Å². The molecule has 3 N–H and O–H groups in total. The quantitative estimate of drug-likeness (QED) is 0.408. The molecule has 1 fully saturated rings. The van der Waals surface area contributed by atoms with Crippen molar-refractivity contribution in [1.82, 2.24) is 16.0 Å². The lowest BCUT2D eigenvalue weighted by Crippen LogP contribution is -2.45. The van der Waals surface area contributed by atoms with E-state index in [4.69, 9.17) is 4.74 Å². The van der Waals surface area contributed by atoms with Crippen LogP contribution in [0.4, 0.5) is 4.79 Å². The van der Waals surface area contributed by atoms with Crippen molar-refractivity contribution >= 4 is 23.8 Å². The summed E-state index contributed by atoms with van der Waals surface area (Å²) in [5.41, 5.74) is -0.467. The van der Waals surface area contributed by atoms with Gasteiger partial charge in [-0.3, -0.25) is 4.99 Å². The summed E-state index contributed by atoms with van der Waals surface area (Å²) in [7, 11) is 1.76. The number of nitrogens with one attached hydrogen (secondary N) is 3. The highest BCUT2D eigenvalue weighted by atomic mass is 32.2. The van der Waals surface area contributed by atoms with Gasteiger partial charge in [0.1, 0.15) is 5.60 Å². The molecule has 0 aromatic carbocycles. The highest BCUT2D eigenvalue weighted by molar-refractivity contribution is 7.99. The molecule has 0 aromatic rings. The predicted molar refractivity (Wildman–Crippen MR) is 93.7 cm³/mol. The van der Waals surface area contributed by atoms with Crippen LogP contribution in [0.15, 0.2) is 4.99 Å². The summed E-state index contributed by atoms with van der Waals surface area (Å²) in [6, 6.07) is 0.488. The number of aliphatic imine (C=N–C) groups is 1. The SMILES string of the molecule is CN=C(NCCNC(=O)OC(C)(C)C)NC1CCC(SC)C1. The van der Waals surface area contributed by atoms with Crippen molar-refractivity contribution in [3.8, 4) is 0 Å². The third-order valence-corrected chi connectivity index (χ3v) is 4.46. The van der Waals surface area contributed by atoms with Crippen LogP contribution in [0, 0.1) is 0 Å². The van der Waals surface area contributed by atoms with Gasteiger partial charge in [-0.05, 0) is 46.3 Å². The lowest BCUT2D eigenvalue weighted by molar-refractivity contribution is 0.0529. The van der Waals surface area contributed by atoms with E-state index in [0.717, 1.165) is 11.2 Å². The van der Waals surface area contributed by atoms with E-state index >= 15 is 0 Å². The second kappa shape index (κ2) is 9.12. The summed E-state index contributed by atoms with van der Waals surface area (Å²) in [4.78, 5) is 15.7. The van der Waals surface area contributed by atoms with Gasteiger partial charge in [-0.1, -0.05) is 0 Å². The highest BCUT2D eigenvalue weighted by Crippen LogP contribution is 2.27. The van der Waals surface area contributed by atoms with Crippen LogP contribution < -0.4 is 16.0 Å². The fourth-order valence-corrected chi connectivity index (χ4v) is 3.13. The van der Waals surface area contributed by atoms with Crippen LogP contribution in [0.2, 0.25) is 0 Å². The summed E-state index contributed by atoms with van der Waals surface area (Å²) >= 11 is 1.94. The molecule has 0 radical (unpaired) electrons. The largest absolute Gasteiger partial charge is 0.444 e. The number of hydrogen-bond donors (Lipinski definition) is 3. The van der Waals surface area contributed by atoms with Crippen molar-refractivity contribution in [2.24, 2.45) is 4.99 Å². The molecule has 22 heavy (non-hydrogen) atoms. The van der Waals surface area contributed by atoms with Crippen LogP contribution in [0.1, 0.15) is 40.0 Å². The first-order chi connectivity index (χ1) is 10.3. The van der Waals surface area contributed by atoms with Gasteiger partial charge < -0.3 is 20.7 Å². The number of amides is 1. The van der Waals surface area contributed by atoms with E-state index in [1.165, 1.54) is 19.3 Å². The van der Waals surface area contributed by atoms with Crippen molar-refractivity contribution in [3.63, 3.8) is 0 Å². The molecule has 0 heterocycles. The number of ether oxygens (including phenoxy) is 1. The van der Waals surface area contributed by atoms with Gasteiger partial charge in [-0.15, -0.1) is 0 Å². The number of thioether (sulfide) groups is 1. The lowest BCUT2D eigenvalue weighted by atomic mass is 10.2. The molecule has 1 aliphatic rings. The van der Waals surface area contributed by atoms with E-state index in [1.807, 2.05) is 32.5 Å². The van der Waals surface area contributed by atoms with Crippen molar-refractivity contribution in [2.45, 2.75) is 56.9 Å². The average molecular weight is 330 g/mol. The van der Waals surface area contributed by atoms with Gasteiger partial charge in [-0.2, -0.15) is 11.8 Å². The van der Waals surface area contributed by atoms with Crippen molar-refractivity contribution in [1.29, 1.82) is 0 Å². The number of carbonyl (C=O) groups is 1. The van der Waals surface area contributed by atoms with Crippen LogP contribution in [0.3, 0.4) is 0 Å². The van der Waals surface area contributed by atoms with Gasteiger partial charge in [0.25, 0.3) is 0 Å². The summed E-state index contributed by atoms with van der Waals surface area (Å²) in [5.74, 6) is 0.790. The van der Waals surface area contributed by atoms with Gasteiger partial charge >= 0.3 is 6.09 Å². The standard InChI is InChI=1S/C15H30N4O2S/c1-15(2,3)21-14(20)18-9-8-17-13(16-4)19-11-6-7-12(10-11)22-5/h11-12H,6-10H2,1-5H3,(H,18,20)(H2,16,17,19). The number of nitrogens with zero attached hydrogens (tertiary/aromatic N) is 1. The first-order valence-corrected chi connectivity index (χ1v) is 9.09. The Labute approximate surface area is 138 Å². The van der Waals surface area contributed by atoms with Crippen molar-refractivity contribution in [3.05, 3.63) is 0 Å². The normalized spacial score (nSPS) is 22.3. The third-order valence-electron chi connectivity index (χ3n) is 3.37. The zero-order valence-electron chi connectivity index (χ0n) is 14.4. The monoisotopic (exact) mass is 330 g/mol. The lowest BCUT2D eigenvalue weighted by Gasteiger charge is -2.20. The molecular weight excluding hydrogens is 300 g/mol. The molecule has 0 aromatic heterocycles. The zero-order valence-corrected chi connectivity index (χ0v) is 15.2. The molecule has 0 saturated heterocycles. The van der Waals surface area contributed by atoms with E-state index in [9.17, 15) is 4.79 Å². The van der Waals surface area contributed by atoms with Crippen LogP contribution in [-0.2, 0) is 4.74 Å². The molecule has 1 saturated carbocycles. The molecule has 1 aliphatic carbocycles. The second-order valence-corrected chi connectivity index (χ2v) is 7.58. The van der Waals surface area contributed by atoms with E-state index in [-0.39, 0.29) is 0 Å². The summed E-state index contributed by atoms with van der Waals surface area (Å²) in [6.45, 7) is 6.64. The number of alkyl carbamates (subject to hydrolysis) is 1. The maximum atomic E-state index is 11.5. The first kappa shape index (κ1) is 18.9. The molecule has 1 amide bonds. The fourth-order valence-electron chi connectivity index (χ4n) is 2.33. The molecule has 0 spiro atoms. The summed E-state index contributed by atoms with van der Waals surface area (Å²) in [5, 5.41) is 10.1. The van der Waals surface area contributed by atoms with Gasteiger partial charge in [0.15, 0.2) is 5.96 Å². The first-order valence-electron chi connectivity index (χ1n) is 7.81. The van der Waals surface area contributed by atoms with Gasteiger partial charge in [0, 0.05) is 31.4 Å². The molecule has 0 bridgehead atoms. The van der Waals surface area contributed by atoms with Crippen LogP contribution >= 0.6 is 11.8 Å². The van der Waals surface area contributed by atoms with Crippen LogP contribution in [0.25, 0.3) is 0 Å². The van der Waals surface area contributed by atoms with E-state index in [0.29, 0.717) is 19.1 Å². The molecule has 1 rings (SSSR count). The van der Waals surface area contributed by atoms with Crippen molar-refractivity contribution in [2.75, 3.05) is 26.4 Å². The van der Waals surface area contributed by atoms with Crippen molar-refractivity contribution < 1.29 is 9.53 Å². The summed E-state index contributed by atoms with van der Waals surface area (Å²) < 4.78 is 5.18. The minimum atomic E-state index is -0.467. The van der Waals surface area contributed by atoms with Gasteiger partial charge in [0.05, 0.1) is 0 Å². The molecule has 6 nitrogen and oxygen atoms in total. The molecule has 0 aliphatic heterocycles. The minimum Gasteiger partial charge on any atom is -0.444 e. The maximum Gasteiger partial charge on any atom is 0.407 e. The molecule has 2 atom stereocenters. The number of carbonyl (C=O) groups excluding carboxylic acids is 1. The minimum absolute atomic E-state index is 0.393. The Hall–Kier alpha value is -1.11. The van der Waals surface area contributed by atoms with Gasteiger partial charge in [0.2, 0.25) is 0 Å². The second-order valence-electron chi connectivity index (χ2n) is 6.44. The zero-order chi connectivity index (χ0) is 16.6. The summed E-state index contributed by atoms with van der Waals surface area (Å²) in [6.07, 6.45) is 5.40. The number of rotatable bonds is 5.